The Bertz CT molecular complexity index is 548. The predicted molar refractivity (Wildman–Crippen MR) is 80.1 cm³/mol. The Kier molecular flexibility index (Phi) is 6.90. The molecule has 2 atom stereocenters. The molecule has 0 heterocycles. The van der Waals surface area contributed by atoms with Crippen LogP contribution in [0.15, 0.2) is 24.3 Å². The third-order valence-electron chi connectivity index (χ3n) is 3.34. The average molecular weight is 304 g/mol. The van der Waals surface area contributed by atoms with E-state index in [2.05, 4.69) is 5.32 Å². The number of hydrogen-bond acceptors (Lipinski definition) is 5. The summed E-state index contributed by atoms with van der Waals surface area (Å²) in [6.07, 6.45) is 0.733. The third kappa shape index (κ3) is 5.09. The van der Waals surface area contributed by atoms with Crippen LogP contribution in [0, 0.1) is 17.2 Å². The highest BCUT2D eigenvalue weighted by Crippen LogP contribution is 2.12. The maximum absolute atomic E-state index is 11.9. The normalized spacial score (nSPS) is 12.6. The Morgan fingerprint density at radius 2 is 1.95 bits per heavy atom. The average Bonchev–Trinajstić information content (AvgIpc) is 2.56. The van der Waals surface area contributed by atoms with Crippen LogP contribution in [-0.4, -0.2) is 31.6 Å². The van der Waals surface area contributed by atoms with Crippen molar-refractivity contribution in [2.45, 2.75) is 26.3 Å². The SMILES string of the molecule is CCC(C)C(NC(=O)COc1ccc(C#N)cc1)C(=O)OC. The zero-order chi connectivity index (χ0) is 16.5. The largest absolute Gasteiger partial charge is 0.484 e. The van der Waals surface area contributed by atoms with Crippen LogP contribution in [-0.2, 0) is 14.3 Å². The minimum Gasteiger partial charge on any atom is -0.484 e. The second kappa shape index (κ2) is 8.67. The summed E-state index contributed by atoms with van der Waals surface area (Å²) in [7, 11) is 1.29. The lowest BCUT2D eigenvalue weighted by atomic mass is 9.99. The molecule has 0 aliphatic heterocycles. The molecule has 1 N–H and O–H groups in total. The zero-order valence-electron chi connectivity index (χ0n) is 13.0. The summed E-state index contributed by atoms with van der Waals surface area (Å²) in [5.41, 5.74) is 0.513. The van der Waals surface area contributed by atoms with Gasteiger partial charge in [-0.15, -0.1) is 0 Å². The van der Waals surface area contributed by atoms with Crippen molar-refractivity contribution in [3.8, 4) is 11.8 Å². The molecule has 0 spiro atoms. The number of methoxy groups -OCH3 is 1. The van der Waals surface area contributed by atoms with E-state index in [4.69, 9.17) is 14.7 Å². The van der Waals surface area contributed by atoms with Gasteiger partial charge in [0.25, 0.3) is 5.91 Å². The van der Waals surface area contributed by atoms with E-state index in [-0.39, 0.29) is 12.5 Å². The smallest absolute Gasteiger partial charge is 0.328 e. The first-order valence-electron chi connectivity index (χ1n) is 7.02. The molecule has 0 saturated heterocycles. The molecule has 0 fully saturated rings. The Hall–Kier alpha value is -2.55. The molecule has 1 rings (SSSR count). The summed E-state index contributed by atoms with van der Waals surface area (Å²) in [6, 6.07) is 7.73. The van der Waals surface area contributed by atoms with Gasteiger partial charge >= 0.3 is 5.97 Å². The highest BCUT2D eigenvalue weighted by atomic mass is 16.5. The number of carbonyl (C=O) groups excluding carboxylic acids is 2. The van der Waals surface area contributed by atoms with Gasteiger partial charge in [-0.25, -0.2) is 4.79 Å². The van der Waals surface area contributed by atoms with E-state index < -0.39 is 17.9 Å². The van der Waals surface area contributed by atoms with E-state index in [9.17, 15) is 9.59 Å². The first-order chi connectivity index (χ1) is 10.5. The topological polar surface area (TPSA) is 88.4 Å². The summed E-state index contributed by atoms with van der Waals surface area (Å²) in [6.45, 7) is 3.58. The van der Waals surface area contributed by atoms with Crippen LogP contribution in [0.25, 0.3) is 0 Å². The monoisotopic (exact) mass is 304 g/mol. The van der Waals surface area contributed by atoms with E-state index in [0.717, 1.165) is 6.42 Å². The van der Waals surface area contributed by atoms with E-state index in [0.29, 0.717) is 11.3 Å². The Balaban J connectivity index is 2.56. The van der Waals surface area contributed by atoms with Gasteiger partial charge in [0.05, 0.1) is 18.7 Å². The summed E-state index contributed by atoms with van der Waals surface area (Å²) in [5.74, 6) is -0.431. The van der Waals surface area contributed by atoms with Gasteiger partial charge in [-0.2, -0.15) is 5.26 Å². The highest BCUT2D eigenvalue weighted by molar-refractivity contribution is 5.85. The van der Waals surface area contributed by atoms with Gasteiger partial charge in [0, 0.05) is 0 Å². The van der Waals surface area contributed by atoms with Crippen molar-refractivity contribution in [3.05, 3.63) is 29.8 Å². The molecular formula is C16H20N2O4. The van der Waals surface area contributed by atoms with Gasteiger partial charge in [-0.3, -0.25) is 4.79 Å². The molecule has 6 heteroatoms. The van der Waals surface area contributed by atoms with Gasteiger partial charge in [0.15, 0.2) is 6.61 Å². The number of nitrogens with zero attached hydrogens (tertiary/aromatic N) is 1. The molecule has 0 bridgehead atoms. The highest BCUT2D eigenvalue weighted by Gasteiger charge is 2.26. The van der Waals surface area contributed by atoms with Crippen molar-refractivity contribution >= 4 is 11.9 Å². The Morgan fingerprint density at radius 1 is 1.32 bits per heavy atom. The molecule has 2 unspecified atom stereocenters. The second-order valence-corrected chi connectivity index (χ2v) is 4.88. The second-order valence-electron chi connectivity index (χ2n) is 4.88. The van der Waals surface area contributed by atoms with E-state index in [1.165, 1.54) is 7.11 Å². The van der Waals surface area contributed by atoms with Gasteiger partial charge in [0.2, 0.25) is 0 Å². The molecule has 1 aromatic rings. The molecule has 118 valence electrons. The molecule has 0 saturated carbocycles. The number of nitriles is 1. The fraction of sp³-hybridized carbons (Fsp3) is 0.438. The summed E-state index contributed by atoms with van der Waals surface area (Å²) in [4.78, 5) is 23.6. The van der Waals surface area contributed by atoms with E-state index >= 15 is 0 Å². The van der Waals surface area contributed by atoms with Crippen molar-refractivity contribution in [3.63, 3.8) is 0 Å². The quantitative estimate of drug-likeness (QED) is 0.774. The number of nitrogens with one attached hydrogen (secondary N) is 1. The zero-order valence-corrected chi connectivity index (χ0v) is 13.0. The lowest BCUT2D eigenvalue weighted by Crippen LogP contribution is -2.47. The van der Waals surface area contributed by atoms with Crippen LogP contribution in [0.4, 0.5) is 0 Å². The lowest BCUT2D eigenvalue weighted by Gasteiger charge is -2.21. The fourth-order valence-electron chi connectivity index (χ4n) is 1.79. The molecular weight excluding hydrogens is 284 g/mol. The van der Waals surface area contributed by atoms with Crippen molar-refractivity contribution in [1.29, 1.82) is 5.26 Å². The first-order valence-corrected chi connectivity index (χ1v) is 7.02. The fourth-order valence-corrected chi connectivity index (χ4v) is 1.79. The van der Waals surface area contributed by atoms with Crippen LogP contribution in [0.1, 0.15) is 25.8 Å². The Labute approximate surface area is 130 Å². The van der Waals surface area contributed by atoms with Crippen molar-refractivity contribution in [2.75, 3.05) is 13.7 Å². The molecule has 1 aromatic carbocycles. The van der Waals surface area contributed by atoms with Crippen molar-refractivity contribution in [2.24, 2.45) is 5.92 Å². The molecule has 6 nitrogen and oxygen atoms in total. The number of hydrogen-bond donors (Lipinski definition) is 1. The number of esters is 1. The van der Waals surface area contributed by atoms with Crippen molar-refractivity contribution < 1.29 is 19.1 Å². The third-order valence-corrected chi connectivity index (χ3v) is 3.34. The standard InChI is InChI=1S/C16H20N2O4/c1-4-11(2)15(16(20)21-3)18-14(19)10-22-13-7-5-12(9-17)6-8-13/h5-8,11,15H,4,10H2,1-3H3,(H,18,19). The maximum Gasteiger partial charge on any atom is 0.328 e. The first kappa shape index (κ1) is 17.5. The van der Waals surface area contributed by atoms with Crippen LogP contribution in [0.3, 0.4) is 0 Å². The molecule has 0 aliphatic rings. The van der Waals surface area contributed by atoms with E-state index in [1.807, 2.05) is 19.9 Å². The number of amides is 1. The van der Waals surface area contributed by atoms with Crippen LogP contribution >= 0.6 is 0 Å². The minimum atomic E-state index is -0.688. The van der Waals surface area contributed by atoms with Crippen LogP contribution < -0.4 is 10.1 Å². The number of benzene rings is 1. The van der Waals surface area contributed by atoms with Gasteiger partial charge in [0.1, 0.15) is 11.8 Å². The molecule has 0 aliphatic carbocycles. The minimum absolute atomic E-state index is 0.0358. The van der Waals surface area contributed by atoms with E-state index in [1.54, 1.807) is 24.3 Å². The van der Waals surface area contributed by atoms with Crippen LogP contribution in [0.5, 0.6) is 5.75 Å². The van der Waals surface area contributed by atoms with Crippen molar-refractivity contribution in [1.82, 2.24) is 5.32 Å². The Morgan fingerprint density at radius 3 is 2.45 bits per heavy atom. The molecule has 1 amide bonds. The lowest BCUT2D eigenvalue weighted by molar-refractivity contribution is -0.146. The number of ether oxygens (including phenoxy) is 2. The summed E-state index contributed by atoms with van der Waals surface area (Å²) < 4.78 is 10.0. The molecule has 0 aromatic heterocycles. The van der Waals surface area contributed by atoms with Gasteiger partial charge in [-0.05, 0) is 30.2 Å². The number of rotatable bonds is 7. The van der Waals surface area contributed by atoms with Gasteiger partial charge in [-0.1, -0.05) is 20.3 Å². The summed E-state index contributed by atoms with van der Waals surface area (Å²) >= 11 is 0. The van der Waals surface area contributed by atoms with Crippen LogP contribution in [0.2, 0.25) is 0 Å². The summed E-state index contributed by atoms with van der Waals surface area (Å²) in [5, 5.41) is 11.3. The predicted octanol–water partition coefficient (Wildman–Crippen LogP) is 1.64. The van der Waals surface area contributed by atoms with Gasteiger partial charge < -0.3 is 14.8 Å². The molecule has 0 radical (unpaired) electrons. The molecule has 22 heavy (non-hydrogen) atoms. The number of carbonyl (C=O) groups is 2. The maximum atomic E-state index is 11.9.